The summed E-state index contributed by atoms with van der Waals surface area (Å²) in [6, 6.07) is 6.13. The van der Waals surface area contributed by atoms with Crippen LogP contribution in [0.1, 0.15) is 18.4 Å². The topological polar surface area (TPSA) is 45.2 Å². The van der Waals surface area contributed by atoms with E-state index in [0.717, 1.165) is 11.1 Å². The summed E-state index contributed by atoms with van der Waals surface area (Å²) in [6.45, 7) is 4.24. The van der Waals surface area contributed by atoms with E-state index in [4.69, 9.17) is 0 Å². The average Bonchev–Trinajstić information content (AvgIpc) is 2.89. The quantitative estimate of drug-likeness (QED) is 0.651. The number of carbonyl (C=O) groups excluding carboxylic acids is 1. The molecule has 1 heterocycles. The predicted octanol–water partition coefficient (Wildman–Crippen LogP) is 2.73. The SMILES string of the molecule is C=CCCC(=O)N(C)NCc1ccc2ncsc2c1. The standard InChI is InChI=1S/C14H17N3OS/c1-3-4-5-14(18)17(2)16-9-11-6-7-12-13(8-11)19-10-15-12/h3,6-8,10,16H,1,4-5,9H2,2H3. The Kier molecular flexibility index (Phi) is 4.65. The predicted molar refractivity (Wildman–Crippen MR) is 78.7 cm³/mol. The monoisotopic (exact) mass is 275 g/mol. The number of amides is 1. The highest BCUT2D eigenvalue weighted by molar-refractivity contribution is 7.16. The van der Waals surface area contributed by atoms with Crippen LogP contribution >= 0.6 is 11.3 Å². The number of thiazole rings is 1. The van der Waals surface area contributed by atoms with Crippen molar-refractivity contribution in [3.63, 3.8) is 0 Å². The average molecular weight is 275 g/mol. The van der Waals surface area contributed by atoms with Gasteiger partial charge in [0.2, 0.25) is 5.91 Å². The van der Waals surface area contributed by atoms with Crippen molar-refractivity contribution in [3.8, 4) is 0 Å². The van der Waals surface area contributed by atoms with Crippen LogP contribution in [0.3, 0.4) is 0 Å². The lowest BCUT2D eigenvalue weighted by atomic mass is 10.2. The summed E-state index contributed by atoms with van der Waals surface area (Å²) in [7, 11) is 1.75. The highest BCUT2D eigenvalue weighted by Gasteiger charge is 2.07. The molecule has 0 aliphatic heterocycles. The molecule has 0 saturated carbocycles. The number of rotatable bonds is 6. The number of hydrazine groups is 1. The molecule has 100 valence electrons. The van der Waals surface area contributed by atoms with Crippen LogP contribution in [-0.2, 0) is 11.3 Å². The van der Waals surface area contributed by atoms with Crippen LogP contribution in [-0.4, -0.2) is 22.9 Å². The highest BCUT2D eigenvalue weighted by atomic mass is 32.1. The molecule has 0 fully saturated rings. The minimum atomic E-state index is 0.0683. The number of benzene rings is 1. The molecular formula is C14H17N3OS. The zero-order valence-electron chi connectivity index (χ0n) is 10.9. The minimum absolute atomic E-state index is 0.0683. The van der Waals surface area contributed by atoms with Crippen molar-refractivity contribution in [1.82, 2.24) is 15.4 Å². The lowest BCUT2D eigenvalue weighted by Crippen LogP contribution is -2.38. The first-order valence-corrected chi connectivity index (χ1v) is 7.02. The molecule has 0 aliphatic carbocycles. The fraction of sp³-hybridized carbons (Fsp3) is 0.286. The van der Waals surface area contributed by atoms with Gasteiger partial charge in [-0.3, -0.25) is 9.80 Å². The number of nitrogens with one attached hydrogen (secondary N) is 1. The van der Waals surface area contributed by atoms with Gasteiger partial charge in [0.1, 0.15) is 0 Å². The van der Waals surface area contributed by atoms with E-state index in [-0.39, 0.29) is 5.91 Å². The first-order valence-electron chi connectivity index (χ1n) is 6.14. The van der Waals surface area contributed by atoms with E-state index >= 15 is 0 Å². The second kappa shape index (κ2) is 6.45. The second-order valence-corrected chi connectivity index (χ2v) is 5.16. The highest BCUT2D eigenvalue weighted by Crippen LogP contribution is 2.18. The van der Waals surface area contributed by atoms with Crippen LogP contribution in [0.25, 0.3) is 10.2 Å². The molecular weight excluding hydrogens is 258 g/mol. The summed E-state index contributed by atoms with van der Waals surface area (Å²) >= 11 is 1.62. The van der Waals surface area contributed by atoms with Gasteiger partial charge in [-0.2, -0.15) is 0 Å². The van der Waals surface area contributed by atoms with Gasteiger partial charge in [0, 0.05) is 20.0 Å². The number of allylic oxidation sites excluding steroid dienone is 1. The Morgan fingerprint density at radius 2 is 2.42 bits per heavy atom. The Labute approximate surface area is 116 Å². The summed E-state index contributed by atoms with van der Waals surface area (Å²) in [4.78, 5) is 15.9. The van der Waals surface area contributed by atoms with E-state index in [1.54, 1.807) is 29.5 Å². The van der Waals surface area contributed by atoms with Crippen LogP contribution in [0.5, 0.6) is 0 Å². The van der Waals surface area contributed by atoms with Gasteiger partial charge in [-0.15, -0.1) is 17.9 Å². The first-order chi connectivity index (χ1) is 9.20. The largest absolute Gasteiger partial charge is 0.281 e. The van der Waals surface area contributed by atoms with Crippen molar-refractivity contribution in [2.45, 2.75) is 19.4 Å². The van der Waals surface area contributed by atoms with Crippen molar-refractivity contribution < 1.29 is 4.79 Å². The zero-order chi connectivity index (χ0) is 13.7. The van der Waals surface area contributed by atoms with E-state index in [2.05, 4.69) is 23.1 Å². The van der Waals surface area contributed by atoms with E-state index in [1.165, 1.54) is 4.70 Å². The number of hydrogen-bond donors (Lipinski definition) is 1. The van der Waals surface area contributed by atoms with Gasteiger partial charge in [0.25, 0.3) is 0 Å². The van der Waals surface area contributed by atoms with Crippen LogP contribution in [0.4, 0.5) is 0 Å². The maximum Gasteiger partial charge on any atom is 0.236 e. The Hall–Kier alpha value is -1.72. The van der Waals surface area contributed by atoms with Crippen LogP contribution < -0.4 is 5.43 Å². The smallest absolute Gasteiger partial charge is 0.236 e. The van der Waals surface area contributed by atoms with Gasteiger partial charge in [-0.05, 0) is 24.1 Å². The van der Waals surface area contributed by atoms with Crippen LogP contribution in [0.2, 0.25) is 0 Å². The summed E-state index contributed by atoms with van der Waals surface area (Å²) in [5.41, 5.74) is 7.10. The summed E-state index contributed by atoms with van der Waals surface area (Å²) in [6.07, 6.45) is 2.95. The molecule has 19 heavy (non-hydrogen) atoms. The van der Waals surface area contributed by atoms with Crippen molar-refractivity contribution >= 4 is 27.5 Å². The number of fused-ring (bicyclic) bond motifs is 1. The molecule has 0 spiro atoms. The molecule has 0 radical (unpaired) electrons. The molecule has 4 nitrogen and oxygen atoms in total. The molecule has 0 unspecified atom stereocenters. The number of nitrogens with zero attached hydrogens (tertiary/aromatic N) is 2. The molecule has 2 aromatic rings. The van der Waals surface area contributed by atoms with Crippen molar-refractivity contribution in [3.05, 3.63) is 41.9 Å². The molecule has 0 saturated heterocycles. The van der Waals surface area contributed by atoms with E-state index in [9.17, 15) is 4.79 Å². The lowest BCUT2D eigenvalue weighted by molar-refractivity contribution is -0.132. The van der Waals surface area contributed by atoms with Crippen LogP contribution in [0, 0.1) is 0 Å². The molecule has 0 aliphatic rings. The van der Waals surface area contributed by atoms with Gasteiger partial charge in [-0.25, -0.2) is 10.4 Å². The molecule has 1 aromatic carbocycles. The van der Waals surface area contributed by atoms with Gasteiger partial charge < -0.3 is 0 Å². The molecule has 1 N–H and O–H groups in total. The second-order valence-electron chi connectivity index (χ2n) is 4.27. The maximum absolute atomic E-state index is 11.7. The third-order valence-electron chi connectivity index (χ3n) is 2.85. The van der Waals surface area contributed by atoms with Crippen molar-refractivity contribution in [1.29, 1.82) is 0 Å². The summed E-state index contributed by atoms with van der Waals surface area (Å²) in [5.74, 6) is 0.0683. The minimum Gasteiger partial charge on any atom is -0.281 e. The third kappa shape index (κ3) is 3.62. The Morgan fingerprint density at radius 1 is 1.58 bits per heavy atom. The van der Waals surface area contributed by atoms with Gasteiger partial charge in [0.15, 0.2) is 0 Å². The van der Waals surface area contributed by atoms with Gasteiger partial charge in [0.05, 0.1) is 15.7 Å². The van der Waals surface area contributed by atoms with Crippen LogP contribution in [0.15, 0.2) is 36.4 Å². The zero-order valence-corrected chi connectivity index (χ0v) is 11.7. The van der Waals surface area contributed by atoms with E-state index < -0.39 is 0 Å². The Balaban J connectivity index is 1.90. The number of carbonyl (C=O) groups is 1. The third-order valence-corrected chi connectivity index (χ3v) is 3.64. The lowest BCUT2D eigenvalue weighted by Gasteiger charge is -2.18. The fourth-order valence-corrected chi connectivity index (χ4v) is 2.44. The molecule has 0 bridgehead atoms. The van der Waals surface area contributed by atoms with Gasteiger partial charge in [-0.1, -0.05) is 12.1 Å². The van der Waals surface area contributed by atoms with Crippen molar-refractivity contribution in [2.24, 2.45) is 0 Å². The van der Waals surface area contributed by atoms with Crippen molar-refractivity contribution in [2.75, 3.05) is 7.05 Å². The molecule has 5 heteroatoms. The fourth-order valence-electron chi connectivity index (χ4n) is 1.70. The summed E-state index contributed by atoms with van der Waals surface area (Å²) < 4.78 is 1.17. The van der Waals surface area contributed by atoms with E-state index in [1.807, 2.05) is 17.6 Å². The maximum atomic E-state index is 11.7. The first kappa shape index (κ1) is 13.7. The normalized spacial score (nSPS) is 10.6. The molecule has 2 rings (SSSR count). The number of aromatic nitrogens is 1. The Morgan fingerprint density at radius 3 is 3.21 bits per heavy atom. The van der Waals surface area contributed by atoms with E-state index in [0.29, 0.717) is 19.4 Å². The van der Waals surface area contributed by atoms with Gasteiger partial charge >= 0.3 is 0 Å². The molecule has 1 amide bonds. The molecule has 1 aromatic heterocycles. The summed E-state index contributed by atoms with van der Waals surface area (Å²) in [5, 5.41) is 1.54. The molecule has 0 atom stereocenters. The Bertz CT molecular complexity index is 579. The number of hydrogen-bond acceptors (Lipinski definition) is 4.